The summed E-state index contributed by atoms with van der Waals surface area (Å²) in [6.07, 6.45) is 17.4. The zero-order valence-electron chi connectivity index (χ0n) is 29.8. The standard InChI is InChI=1S/C43H54O6/c1-4-7-9-11-12-13-14-15-17-19-41(44)47-39-30-24-35(25-31-39)21-20-34-22-26-36(27-23-34)43(46)49-40-32-28-37(29-33-40)42(45)48-38(6-3)18-16-10-8-5-2/h22-33,38H,4-19H2,1-3H3/t38-/m0/s1. The molecule has 262 valence electrons. The molecule has 0 heterocycles. The van der Waals surface area contributed by atoms with Crippen LogP contribution in [0.5, 0.6) is 11.5 Å². The van der Waals surface area contributed by atoms with Gasteiger partial charge in [0.2, 0.25) is 0 Å². The van der Waals surface area contributed by atoms with E-state index in [1.165, 1.54) is 57.8 Å². The second-order valence-electron chi connectivity index (χ2n) is 12.6. The zero-order valence-corrected chi connectivity index (χ0v) is 29.8. The lowest BCUT2D eigenvalue weighted by Crippen LogP contribution is -2.17. The van der Waals surface area contributed by atoms with Gasteiger partial charge < -0.3 is 14.2 Å². The van der Waals surface area contributed by atoms with Crippen molar-refractivity contribution in [2.45, 2.75) is 130 Å². The number of hydrogen-bond acceptors (Lipinski definition) is 6. The third-order valence-corrected chi connectivity index (χ3v) is 8.45. The minimum atomic E-state index is -0.504. The summed E-state index contributed by atoms with van der Waals surface area (Å²) < 4.78 is 16.7. The molecular weight excluding hydrogens is 612 g/mol. The summed E-state index contributed by atoms with van der Waals surface area (Å²) in [7, 11) is 0. The Morgan fingerprint density at radius 3 is 1.55 bits per heavy atom. The predicted octanol–water partition coefficient (Wildman–Crippen LogP) is 11.0. The van der Waals surface area contributed by atoms with Gasteiger partial charge in [-0.25, -0.2) is 9.59 Å². The lowest BCUT2D eigenvalue weighted by atomic mass is 10.1. The van der Waals surface area contributed by atoms with Crippen LogP contribution in [-0.2, 0) is 9.53 Å². The first-order chi connectivity index (χ1) is 23.9. The van der Waals surface area contributed by atoms with Crippen molar-refractivity contribution in [2.75, 3.05) is 0 Å². The average Bonchev–Trinajstić information content (AvgIpc) is 3.12. The van der Waals surface area contributed by atoms with Crippen LogP contribution in [0.4, 0.5) is 0 Å². The van der Waals surface area contributed by atoms with Gasteiger partial charge in [0.05, 0.1) is 11.1 Å². The molecule has 6 heteroatoms. The molecule has 0 saturated carbocycles. The molecule has 0 aliphatic carbocycles. The minimum Gasteiger partial charge on any atom is -0.459 e. The van der Waals surface area contributed by atoms with Gasteiger partial charge in [-0.1, -0.05) is 103 Å². The van der Waals surface area contributed by atoms with E-state index in [1.54, 1.807) is 60.7 Å². The Labute approximate surface area is 293 Å². The van der Waals surface area contributed by atoms with Crippen LogP contribution in [0.15, 0.2) is 72.8 Å². The SMILES string of the molecule is CCCCCCCCCCCC(=O)Oc1ccc(C#Cc2ccc(C(=O)Oc3ccc(C(=O)O[C@@H](CC)CCCCCC)cc3)cc2)cc1. The molecule has 0 amide bonds. The average molecular weight is 667 g/mol. The number of hydrogen-bond donors (Lipinski definition) is 0. The van der Waals surface area contributed by atoms with Crippen molar-refractivity contribution in [3.63, 3.8) is 0 Å². The molecule has 0 aliphatic heterocycles. The monoisotopic (exact) mass is 666 g/mol. The molecule has 3 aromatic rings. The van der Waals surface area contributed by atoms with Crippen molar-refractivity contribution < 1.29 is 28.6 Å². The molecule has 0 N–H and O–H groups in total. The first-order valence-corrected chi connectivity index (χ1v) is 18.4. The van der Waals surface area contributed by atoms with Gasteiger partial charge in [0.15, 0.2) is 0 Å². The Hall–Kier alpha value is -4.37. The molecule has 0 spiro atoms. The van der Waals surface area contributed by atoms with E-state index in [9.17, 15) is 14.4 Å². The van der Waals surface area contributed by atoms with Gasteiger partial charge in [-0.15, -0.1) is 0 Å². The predicted molar refractivity (Wildman–Crippen MR) is 196 cm³/mol. The van der Waals surface area contributed by atoms with Crippen molar-refractivity contribution in [2.24, 2.45) is 0 Å². The van der Waals surface area contributed by atoms with E-state index < -0.39 is 5.97 Å². The van der Waals surface area contributed by atoms with Crippen LogP contribution >= 0.6 is 0 Å². The second kappa shape index (κ2) is 23.1. The van der Waals surface area contributed by atoms with Crippen molar-refractivity contribution >= 4 is 17.9 Å². The van der Waals surface area contributed by atoms with Crippen LogP contribution in [0.2, 0.25) is 0 Å². The summed E-state index contributed by atoms with van der Waals surface area (Å²) in [5.74, 6) is 5.98. The Kier molecular flexibility index (Phi) is 18.4. The van der Waals surface area contributed by atoms with Crippen molar-refractivity contribution in [1.82, 2.24) is 0 Å². The fourth-order valence-corrected chi connectivity index (χ4v) is 5.39. The summed E-state index contributed by atoms with van der Waals surface area (Å²) in [4.78, 5) is 37.5. The van der Waals surface area contributed by atoms with Gasteiger partial charge in [-0.2, -0.15) is 0 Å². The fourth-order valence-electron chi connectivity index (χ4n) is 5.39. The number of rotatable bonds is 21. The van der Waals surface area contributed by atoms with E-state index >= 15 is 0 Å². The quantitative estimate of drug-likeness (QED) is 0.0487. The van der Waals surface area contributed by atoms with Crippen LogP contribution in [-0.4, -0.2) is 24.0 Å². The first kappa shape index (κ1) is 39.1. The molecule has 3 aromatic carbocycles. The van der Waals surface area contributed by atoms with Crippen LogP contribution in [0.25, 0.3) is 0 Å². The van der Waals surface area contributed by atoms with Gasteiger partial charge >= 0.3 is 17.9 Å². The number of unbranched alkanes of at least 4 members (excludes halogenated alkanes) is 11. The maximum atomic E-state index is 12.7. The molecule has 0 aliphatic rings. The minimum absolute atomic E-state index is 0.0921. The van der Waals surface area contributed by atoms with E-state index in [2.05, 4.69) is 25.7 Å². The Bertz CT molecular complexity index is 1460. The maximum absolute atomic E-state index is 12.7. The van der Waals surface area contributed by atoms with E-state index in [0.29, 0.717) is 29.0 Å². The summed E-state index contributed by atoms with van der Waals surface area (Å²) in [5, 5.41) is 0. The molecule has 0 saturated heterocycles. The molecule has 6 nitrogen and oxygen atoms in total. The van der Waals surface area contributed by atoms with Crippen LogP contribution in [0.1, 0.15) is 155 Å². The molecule has 0 bridgehead atoms. The topological polar surface area (TPSA) is 78.9 Å². The lowest BCUT2D eigenvalue weighted by molar-refractivity contribution is -0.134. The molecule has 0 aromatic heterocycles. The van der Waals surface area contributed by atoms with Crippen molar-refractivity contribution in [3.05, 3.63) is 95.1 Å². The maximum Gasteiger partial charge on any atom is 0.343 e. The molecule has 0 fully saturated rings. The van der Waals surface area contributed by atoms with Crippen LogP contribution < -0.4 is 9.47 Å². The van der Waals surface area contributed by atoms with E-state index in [-0.39, 0.29) is 18.0 Å². The molecule has 3 rings (SSSR count). The van der Waals surface area contributed by atoms with E-state index in [1.807, 2.05) is 19.1 Å². The van der Waals surface area contributed by atoms with E-state index in [4.69, 9.17) is 14.2 Å². The third kappa shape index (κ3) is 15.6. The third-order valence-electron chi connectivity index (χ3n) is 8.45. The number of esters is 3. The zero-order chi connectivity index (χ0) is 35.1. The van der Waals surface area contributed by atoms with Gasteiger partial charge in [0, 0.05) is 17.5 Å². The smallest absolute Gasteiger partial charge is 0.343 e. The van der Waals surface area contributed by atoms with Gasteiger partial charge in [0.25, 0.3) is 0 Å². The molecular formula is C43H54O6. The highest BCUT2D eigenvalue weighted by molar-refractivity contribution is 5.92. The first-order valence-electron chi connectivity index (χ1n) is 18.4. The Balaban J connectivity index is 1.40. The van der Waals surface area contributed by atoms with E-state index in [0.717, 1.165) is 49.7 Å². The number of ether oxygens (including phenoxy) is 3. The summed E-state index contributed by atoms with van der Waals surface area (Å²) in [5.41, 5.74) is 2.34. The number of carbonyl (C=O) groups is 3. The molecule has 1 atom stereocenters. The number of benzene rings is 3. The van der Waals surface area contributed by atoms with Gasteiger partial charge in [-0.3, -0.25) is 4.79 Å². The molecule has 0 unspecified atom stereocenters. The highest BCUT2D eigenvalue weighted by Gasteiger charge is 2.15. The van der Waals surface area contributed by atoms with Gasteiger partial charge in [-0.05, 0) is 98.5 Å². The summed E-state index contributed by atoms with van der Waals surface area (Å²) >= 11 is 0. The Morgan fingerprint density at radius 2 is 0.980 bits per heavy atom. The molecule has 49 heavy (non-hydrogen) atoms. The highest BCUT2D eigenvalue weighted by atomic mass is 16.5. The normalized spacial score (nSPS) is 11.2. The molecule has 0 radical (unpaired) electrons. The largest absolute Gasteiger partial charge is 0.459 e. The van der Waals surface area contributed by atoms with Crippen LogP contribution in [0, 0.1) is 11.8 Å². The van der Waals surface area contributed by atoms with Gasteiger partial charge in [0.1, 0.15) is 17.6 Å². The highest BCUT2D eigenvalue weighted by Crippen LogP contribution is 2.19. The van der Waals surface area contributed by atoms with Crippen LogP contribution in [0.3, 0.4) is 0 Å². The Morgan fingerprint density at radius 1 is 0.531 bits per heavy atom. The second-order valence-corrected chi connectivity index (χ2v) is 12.6. The summed E-state index contributed by atoms with van der Waals surface area (Å²) in [6, 6.07) is 20.4. The fraction of sp³-hybridized carbons (Fsp3) is 0.465. The summed E-state index contributed by atoms with van der Waals surface area (Å²) in [6.45, 7) is 6.43. The number of carbonyl (C=O) groups excluding carboxylic acids is 3. The van der Waals surface area contributed by atoms with Crippen molar-refractivity contribution in [3.8, 4) is 23.3 Å². The lowest BCUT2D eigenvalue weighted by Gasteiger charge is -2.16. The van der Waals surface area contributed by atoms with Crippen molar-refractivity contribution in [1.29, 1.82) is 0 Å².